The third-order valence-corrected chi connectivity index (χ3v) is 3.96. The van der Waals surface area contributed by atoms with Crippen LogP contribution in [-0.2, 0) is 9.53 Å². The van der Waals surface area contributed by atoms with E-state index >= 15 is 0 Å². The lowest BCUT2D eigenvalue weighted by Gasteiger charge is -2.28. The van der Waals surface area contributed by atoms with Crippen molar-refractivity contribution in [2.75, 3.05) is 32.6 Å². The third kappa shape index (κ3) is 6.82. The number of amidine groups is 1. The van der Waals surface area contributed by atoms with Crippen LogP contribution in [0.15, 0.2) is 4.99 Å². The van der Waals surface area contributed by atoms with Gasteiger partial charge in [-0.1, -0.05) is 25.6 Å². The molecule has 1 saturated heterocycles. The van der Waals surface area contributed by atoms with Crippen molar-refractivity contribution in [3.8, 4) is 0 Å². The second-order valence-electron chi connectivity index (χ2n) is 4.91. The van der Waals surface area contributed by atoms with Crippen LogP contribution in [0.4, 0.5) is 0 Å². The van der Waals surface area contributed by atoms with E-state index in [-0.39, 0.29) is 5.91 Å². The second-order valence-corrected chi connectivity index (χ2v) is 6.00. The lowest BCUT2D eigenvalue weighted by atomic mass is 10.0. The molecule has 1 heterocycles. The highest BCUT2D eigenvalue weighted by Gasteiger charge is 2.19. The number of hydrogen-bond acceptors (Lipinski definition) is 4. The maximum absolute atomic E-state index is 11.5. The van der Waals surface area contributed by atoms with Gasteiger partial charge in [0.05, 0.1) is 13.2 Å². The molecule has 1 fully saturated rings. The number of aliphatic imine (C=N–C) groups is 1. The van der Waals surface area contributed by atoms with Gasteiger partial charge in [0, 0.05) is 31.9 Å². The highest BCUT2D eigenvalue weighted by molar-refractivity contribution is 8.13. The average Bonchev–Trinajstić information content (AvgIpc) is 2.39. The Kier molecular flexibility index (Phi) is 7.90. The predicted molar refractivity (Wildman–Crippen MR) is 80.6 cm³/mol. The summed E-state index contributed by atoms with van der Waals surface area (Å²) >= 11 is 1.74. The molecule has 0 aromatic rings. The number of rotatable bonds is 7. The van der Waals surface area contributed by atoms with Crippen LogP contribution in [0.2, 0.25) is 0 Å². The van der Waals surface area contributed by atoms with E-state index in [1.165, 1.54) is 6.42 Å². The highest BCUT2D eigenvalue weighted by atomic mass is 32.2. The summed E-state index contributed by atoms with van der Waals surface area (Å²) in [5.41, 5.74) is 0. The monoisotopic (exact) mass is 287 g/mol. The van der Waals surface area contributed by atoms with Crippen LogP contribution < -0.4 is 10.6 Å². The van der Waals surface area contributed by atoms with Crippen molar-refractivity contribution in [2.45, 2.75) is 32.7 Å². The Bertz CT molecular complexity index is 308. The summed E-state index contributed by atoms with van der Waals surface area (Å²) in [6.07, 6.45) is 1.61. The van der Waals surface area contributed by atoms with Crippen molar-refractivity contribution >= 4 is 22.8 Å². The van der Waals surface area contributed by atoms with Gasteiger partial charge in [0.15, 0.2) is 5.17 Å². The molecule has 2 N–H and O–H groups in total. The third-order valence-electron chi connectivity index (χ3n) is 3.00. The Labute approximate surface area is 120 Å². The highest BCUT2D eigenvalue weighted by Crippen LogP contribution is 2.18. The van der Waals surface area contributed by atoms with E-state index in [1.54, 1.807) is 18.9 Å². The lowest BCUT2D eigenvalue weighted by molar-refractivity contribution is -0.121. The fourth-order valence-corrected chi connectivity index (χ4v) is 2.77. The van der Waals surface area contributed by atoms with Crippen molar-refractivity contribution in [2.24, 2.45) is 10.9 Å². The molecule has 1 rings (SSSR count). The normalized spacial score (nSPS) is 21.5. The number of thioether (sulfide) groups is 1. The molecule has 1 aliphatic rings. The molecule has 19 heavy (non-hydrogen) atoms. The number of nitrogens with one attached hydrogen (secondary N) is 2. The Morgan fingerprint density at radius 3 is 3.11 bits per heavy atom. The minimum absolute atomic E-state index is 0.0302. The van der Waals surface area contributed by atoms with Crippen LogP contribution in [0.1, 0.15) is 26.7 Å². The first-order valence-electron chi connectivity index (χ1n) is 6.83. The molecule has 5 nitrogen and oxygen atoms in total. The first kappa shape index (κ1) is 16.3. The number of hydrogen-bond donors (Lipinski definition) is 2. The molecule has 0 spiro atoms. The molecule has 0 radical (unpaired) electrons. The standard InChI is InChI=1S/C13H25N3O2S/c1-10(2)11-5-9-19-13(16-11)15-6-4-12(17)14-7-8-18-3/h10-11H,4-9H2,1-3H3,(H,14,17)(H,15,16). The largest absolute Gasteiger partial charge is 0.383 e. The number of ether oxygens (including phenoxy) is 1. The van der Waals surface area contributed by atoms with Gasteiger partial charge in [-0.2, -0.15) is 0 Å². The van der Waals surface area contributed by atoms with Crippen LogP contribution in [0.3, 0.4) is 0 Å². The predicted octanol–water partition coefficient (Wildman–Crippen LogP) is 1.25. The lowest BCUT2D eigenvalue weighted by Crippen LogP contribution is -2.41. The molecule has 0 saturated carbocycles. The van der Waals surface area contributed by atoms with Crippen LogP contribution in [-0.4, -0.2) is 49.7 Å². The number of amides is 1. The summed E-state index contributed by atoms with van der Waals surface area (Å²) in [5.74, 6) is 1.75. The van der Waals surface area contributed by atoms with Gasteiger partial charge in [0.2, 0.25) is 5.91 Å². The maximum Gasteiger partial charge on any atom is 0.221 e. The summed E-state index contributed by atoms with van der Waals surface area (Å²) < 4.78 is 4.87. The summed E-state index contributed by atoms with van der Waals surface area (Å²) in [5, 5.41) is 7.21. The van der Waals surface area contributed by atoms with E-state index in [0.29, 0.717) is 38.1 Å². The van der Waals surface area contributed by atoms with Crippen molar-refractivity contribution < 1.29 is 9.53 Å². The number of methoxy groups -OCH3 is 1. The summed E-state index contributed by atoms with van der Waals surface area (Å²) in [6, 6.07) is 0.510. The molecular formula is C13H25N3O2S. The zero-order chi connectivity index (χ0) is 14.1. The maximum atomic E-state index is 11.5. The Morgan fingerprint density at radius 1 is 1.63 bits per heavy atom. The molecule has 0 aromatic heterocycles. The summed E-state index contributed by atoms with van der Waals surface area (Å²) in [6.45, 7) is 6.09. The summed E-state index contributed by atoms with van der Waals surface area (Å²) in [4.78, 5) is 15.9. The number of nitrogens with zero attached hydrogens (tertiary/aromatic N) is 1. The summed E-state index contributed by atoms with van der Waals surface area (Å²) in [7, 11) is 1.62. The van der Waals surface area contributed by atoms with Gasteiger partial charge < -0.3 is 15.4 Å². The molecule has 1 amide bonds. The minimum Gasteiger partial charge on any atom is -0.383 e. The van der Waals surface area contributed by atoms with Gasteiger partial charge in [-0.25, -0.2) is 0 Å². The van der Waals surface area contributed by atoms with Gasteiger partial charge in [-0.3, -0.25) is 9.79 Å². The zero-order valence-corrected chi connectivity index (χ0v) is 12.9. The Morgan fingerprint density at radius 2 is 2.42 bits per heavy atom. The zero-order valence-electron chi connectivity index (χ0n) is 12.1. The van der Waals surface area contributed by atoms with Gasteiger partial charge in [0.1, 0.15) is 0 Å². The van der Waals surface area contributed by atoms with Crippen LogP contribution in [0.25, 0.3) is 0 Å². The van der Waals surface area contributed by atoms with Gasteiger partial charge >= 0.3 is 0 Å². The van der Waals surface area contributed by atoms with E-state index in [1.807, 2.05) is 0 Å². The molecule has 110 valence electrons. The Balaban J connectivity index is 2.22. The van der Waals surface area contributed by atoms with Crippen LogP contribution >= 0.6 is 11.8 Å². The fraction of sp³-hybridized carbons (Fsp3) is 0.846. The quantitative estimate of drug-likeness (QED) is 0.692. The molecular weight excluding hydrogens is 262 g/mol. The Hall–Kier alpha value is -0.750. The van der Waals surface area contributed by atoms with Gasteiger partial charge in [-0.15, -0.1) is 0 Å². The topological polar surface area (TPSA) is 62.7 Å². The molecule has 1 unspecified atom stereocenters. The van der Waals surface area contributed by atoms with E-state index < -0.39 is 0 Å². The van der Waals surface area contributed by atoms with E-state index in [2.05, 4.69) is 29.5 Å². The SMILES string of the molecule is COCCNC(=O)CCN=C1NC(C(C)C)CCS1. The number of carbonyl (C=O) groups is 1. The van der Waals surface area contributed by atoms with Crippen molar-refractivity contribution in [3.63, 3.8) is 0 Å². The fourth-order valence-electron chi connectivity index (χ4n) is 1.79. The second kappa shape index (κ2) is 9.20. The first-order chi connectivity index (χ1) is 9.13. The van der Waals surface area contributed by atoms with E-state index in [0.717, 1.165) is 10.9 Å². The first-order valence-corrected chi connectivity index (χ1v) is 7.81. The van der Waals surface area contributed by atoms with Crippen molar-refractivity contribution in [1.82, 2.24) is 10.6 Å². The number of carbonyl (C=O) groups excluding carboxylic acids is 1. The average molecular weight is 287 g/mol. The van der Waals surface area contributed by atoms with Gasteiger partial charge in [0.25, 0.3) is 0 Å². The molecule has 0 aliphatic carbocycles. The molecule has 0 aromatic carbocycles. The minimum atomic E-state index is 0.0302. The molecule has 0 bridgehead atoms. The van der Waals surface area contributed by atoms with E-state index in [9.17, 15) is 4.79 Å². The molecule has 1 aliphatic heterocycles. The smallest absolute Gasteiger partial charge is 0.221 e. The molecule has 6 heteroatoms. The van der Waals surface area contributed by atoms with Crippen LogP contribution in [0.5, 0.6) is 0 Å². The van der Waals surface area contributed by atoms with Crippen molar-refractivity contribution in [3.05, 3.63) is 0 Å². The van der Waals surface area contributed by atoms with Gasteiger partial charge in [-0.05, 0) is 12.3 Å². The van der Waals surface area contributed by atoms with Crippen molar-refractivity contribution in [1.29, 1.82) is 0 Å². The van der Waals surface area contributed by atoms with Crippen LogP contribution in [0, 0.1) is 5.92 Å². The molecule has 1 atom stereocenters. The van der Waals surface area contributed by atoms with E-state index in [4.69, 9.17) is 4.74 Å².